The van der Waals surface area contributed by atoms with E-state index in [1.165, 1.54) is 4.90 Å². The van der Waals surface area contributed by atoms with Crippen molar-refractivity contribution in [2.24, 2.45) is 16.7 Å². The fourth-order valence-corrected chi connectivity index (χ4v) is 5.93. The van der Waals surface area contributed by atoms with E-state index < -0.39 is 22.8 Å². The second kappa shape index (κ2) is 8.28. The normalized spacial score (nSPS) is 24.7. The first-order chi connectivity index (χ1) is 15.5. The topological polar surface area (TPSA) is 66.5 Å². The quantitative estimate of drug-likeness (QED) is 0.606. The van der Waals surface area contributed by atoms with Gasteiger partial charge in [0.1, 0.15) is 6.04 Å². The van der Waals surface area contributed by atoms with Gasteiger partial charge in [0.2, 0.25) is 17.7 Å². The number of rotatable bonds is 5. The number of hydrogen-bond donors (Lipinski definition) is 1. The van der Waals surface area contributed by atoms with E-state index in [0.29, 0.717) is 23.6 Å². The number of aryl methyl sites for hydroxylation is 2. The molecule has 5 nitrogen and oxygen atoms in total. The number of amides is 3. The number of imide groups is 1. The lowest BCUT2D eigenvalue weighted by atomic mass is 9.62. The summed E-state index contributed by atoms with van der Waals surface area (Å²) >= 11 is 6.44. The van der Waals surface area contributed by atoms with Crippen LogP contribution in [-0.2, 0) is 20.8 Å². The van der Waals surface area contributed by atoms with Gasteiger partial charge in [-0.2, -0.15) is 0 Å². The van der Waals surface area contributed by atoms with Gasteiger partial charge in [-0.25, -0.2) is 0 Å². The van der Waals surface area contributed by atoms with Crippen molar-refractivity contribution in [2.45, 2.75) is 59.9 Å². The van der Waals surface area contributed by atoms with Crippen LogP contribution in [0, 0.1) is 30.6 Å². The Balaban J connectivity index is 1.74. The Morgan fingerprint density at radius 1 is 1.15 bits per heavy atom. The molecule has 2 aliphatic rings. The molecule has 3 atom stereocenters. The van der Waals surface area contributed by atoms with E-state index in [1.54, 1.807) is 6.07 Å². The highest BCUT2D eigenvalue weighted by Gasteiger charge is 2.65. The first-order valence-electron chi connectivity index (χ1n) is 11.5. The van der Waals surface area contributed by atoms with Gasteiger partial charge in [0.05, 0.1) is 16.1 Å². The summed E-state index contributed by atoms with van der Waals surface area (Å²) in [6.45, 7) is 9.75. The zero-order valence-corrected chi connectivity index (χ0v) is 20.6. The number of fused-ring (bicyclic) bond motifs is 2. The molecule has 1 N–H and O–H groups in total. The number of anilines is 1. The Hall–Kier alpha value is -2.66. The molecule has 2 aromatic rings. The second-order valence-electron chi connectivity index (χ2n) is 10.3. The predicted molar refractivity (Wildman–Crippen MR) is 130 cm³/mol. The minimum atomic E-state index is -0.958. The van der Waals surface area contributed by atoms with Crippen molar-refractivity contribution in [1.29, 1.82) is 0 Å². The molecular weight excluding hydrogens is 436 g/mol. The number of carbonyl (C=O) groups is 3. The van der Waals surface area contributed by atoms with E-state index >= 15 is 0 Å². The highest BCUT2D eigenvalue weighted by molar-refractivity contribution is 6.34. The van der Waals surface area contributed by atoms with Crippen molar-refractivity contribution < 1.29 is 14.4 Å². The molecule has 0 spiro atoms. The first-order valence-corrected chi connectivity index (χ1v) is 11.8. The molecule has 0 radical (unpaired) electrons. The smallest absolute Gasteiger partial charge is 0.248 e. The third-order valence-electron chi connectivity index (χ3n) is 8.02. The molecule has 2 bridgehead atoms. The van der Waals surface area contributed by atoms with Gasteiger partial charge in [-0.1, -0.05) is 68.8 Å². The van der Waals surface area contributed by atoms with E-state index in [-0.39, 0.29) is 24.2 Å². The molecular formula is C27H31ClN2O3. The maximum atomic E-state index is 13.8. The van der Waals surface area contributed by atoms with Gasteiger partial charge in [-0.3, -0.25) is 19.3 Å². The standard InChI is InChI=1S/C27H31ClN2O3/c1-16-13-17(2)22(20(28)14-16)29-23(31)21(15-18-9-7-6-8-10-18)30-24(32)19-11-12-27(5,25(30)33)26(19,3)4/h6-10,13-14,19,21H,11-12,15H2,1-5H3,(H,29,31). The minimum Gasteiger partial charge on any atom is -0.323 e. The molecule has 3 amide bonds. The number of halogens is 1. The molecule has 2 fully saturated rings. The monoisotopic (exact) mass is 466 g/mol. The zero-order chi connectivity index (χ0) is 24.1. The predicted octanol–water partition coefficient (Wildman–Crippen LogP) is 5.32. The third kappa shape index (κ3) is 3.76. The van der Waals surface area contributed by atoms with Crippen LogP contribution in [0.5, 0.6) is 0 Å². The molecule has 174 valence electrons. The Labute approximate surface area is 200 Å². The molecule has 33 heavy (non-hydrogen) atoms. The Morgan fingerprint density at radius 2 is 1.82 bits per heavy atom. The maximum Gasteiger partial charge on any atom is 0.248 e. The average molecular weight is 467 g/mol. The number of nitrogens with zero attached hydrogens (tertiary/aromatic N) is 1. The number of hydrogen-bond acceptors (Lipinski definition) is 3. The molecule has 1 aliphatic carbocycles. The summed E-state index contributed by atoms with van der Waals surface area (Å²) < 4.78 is 0. The van der Waals surface area contributed by atoms with E-state index in [2.05, 4.69) is 5.32 Å². The number of carbonyl (C=O) groups excluding carboxylic acids is 3. The van der Waals surface area contributed by atoms with Crippen LogP contribution in [0.15, 0.2) is 42.5 Å². The van der Waals surface area contributed by atoms with Crippen molar-refractivity contribution in [3.8, 4) is 0 Å². The number of benzene rings is 2. The SMILES string of the molecule is Cc1cc(C)c(NC(=O)C(Cc2ccccc2)N2C(=O)C3CCC(C)(C2=O)C3(C)C)c(Cl)c1. The van der Waals surface area contributed by atoms with Crippen LogP contribution in [0.2, 0.25) is 5.02 Å². The van der Waals surface area contributed by atoms with Gasteiger partial charge in [-0.15, -0.1) is 0 Å². The first kappa shape index (κ1) is 23.5. The molecule has 1 aliphatic heterocycles. The van der Waals surface area contributed by atoms with Crippen LogP contribution in [0.3, 0.4) is 0 Å². The van der Waals surface area contributed by atoms with Gasteiger partial charge < -0.3 is 5.32 Å². The highest BCUT2D eigenvalue weighted by Crippen LogP contribution is 2.60. The van der Waals surface area contributed by atoms with E-state index in [0.717, 1.165) is 16.7 Å². The lowest BCUT2D eigenvalue weighted by Crippen LogP contribution is -2.64. The van der Waals surface area contributed by atoms with Crippen LogP contribution in [-0.4, -0.2) is 28.7 Å². The molecule has 6 heteroatoms. The van der Waals surface area contributed by atoms with Gasteiger partial charge in [-0.05, 0) is 54.9 Å². The summed E-state index contributed by atoms with van der Waals surface area (Å²) in [6.07, 6.45) is 1.55. The fraction of sp³-hybridized carbons (Fsp3) is 0.444. The van der Waals surface area contributed by atoms with E-state index in [4.69, 9.17) is 11.6 Å². The summed E-state index contributed by atoms with van der Waals surface area (Å²) in [5.74, 6) is -1.19. The van der Waals surface area contributed by atoms with Crippen LogP contribution >= 0.6 is 11.6 Å². The lowest BCUT2D eigenvalue weighted by molar-refractivity contribution is -0.172. The van der Waals surface area contributed by atoms with Gasteiger partial charge in [0, 0.05) is 12.3 Å². The van der Waals surface area contributed by atoms with Crippen LogP contribution in [0.4, 0.5) is 5.69 Å². The van der Waals surface area contributed by atoms with Crippen molar-refractivity contribution in [3.63, 3.8) is 0 Å². The number of likely N-dealkylation sites (tertiary alicyclic amines) is 1. The van der Waals surface area contributed by atoms with Crippen LogP contribution in [0.25, 0.3) is 0 Å². The Bertz CT molecular complexity index is 1100. The van der Waals surface area contributed by atoms with Crippen molar-refractivity contribution >= 4 is 35.0 Å². The summed E-state index contributed by atoms with van der Waals surface area (Å²) in [5, 5.41) is 3.36. The summed E-state index contributed by atoms with van der Waals surface area (Å²) in [4.78, 5) is 42.3. The maximum absolute atomic E-state index is 13.8. The Kier molecular flexibility index (Phi) is 5.90. The lowest BCUT2D eigenvalue weighted by Gasteiger charge is -2.49. The molecule has 1 saturated heterocycles. The Morgan fingerprint density at radius 3 is 2.45 bits per heavy atom. The molecule has 2 aromatic carbocycles. The minimum absolute atomic E-state index is 0.246. The fourth-order valence-electron chi connectivity index (χ4n) is 5.56. The van der Waals surface area contributed by atoms with Gasteiger partial charge in [0.25, 0.3) is 0 Å². The van der Waals surface area contributed by atoms with Crippen LogP contribution < -0.4 is 5.32 Å². The largest absolute Gasteiger partial charge is 0.323 e. The van der Waals surface area contributed by atoms with Crippen LogP contribution in [0.1, 0.15) is 50.3 Å². The summed E-state index contributed by atoms with van der Waals surface area (Å²) in [6, 6.07) is 12.3. The van der Waals surface area contributed by atoms with E-state index in [9.17, 15) is 14.4 Å². The van der Waals surface area contributed by atoms with Gasteiger partial charge >= 0.3 is 0 Å². The number of piperidine rings is 1. The molecule has 1 saturated carbocycles. The van der Waals surface area contributed by atoms with Crippen molar-refractivity contribution in [1.82, 2.24) is 4.90 Å². The van der Waals surface area contributed by atoms with Crippen molar-refractivity contribution in [3.05, 3.63) is 64.2 Å². The molecule has 1 heterocycles. The van der Waals surface area contributed by atoms with Gasteiger partial charge in [0.15, 0.2) is 0 Å². The summed E-state index contributed by atoms with van der Waals surface area (Å²) in [7, 11) is 0. The molecule has 3 unspecified atom stereocenters. The average Bonchev–Trinajstić information content (AvgIpc) is 2.93. The van der Waals surface area contributed by atoms with E-state index in [1.807, 2.05) is 71.0 Å². The molecule has 4 rings (SSSR count). The highest BCUT2D eigenvalue weighted by atomic mass is 35.5. The number of nitrogens with one attached hydrogen (secondary N) is 1. The second-order valence-corrected chi connectivity index (χ2v) is 10.7. The zero-order valence-electron chi connectivity index (χ0n) is 19.9. The summed E-state index contributed by atoms with van der Waals surface area (Å²) in [5.41, 5.74) is 2.09. The van der Waals surface area contributed by atoms with Crippen molar-refractivity contribution in [2.75, 3.05) is 5.32 Å². The third-order valence-corrected chi connectivity index (χ3v) is 8.32. The molecule has 0 aromatic heterocycles.